The maximum atomic E-state index is 12.3. The molecule has 0 radical (unpaired) electrons. The van der Waals surface area contributed by atoms with Gasteiger partial charge in [-0.1, -0.05) is 76.5 Å². The van der Waals surface area contributed by atoms with E-state index in [1.54, 1.807) is 6.07 Å². The number of esters is 2. The molecule has 2 rings (SSSR count). The zero-order chi connectivity index (χ0) is 36.3. The molecule has 12 heteroatoms. The molecule has 0 heterocycles. The Morgan fingerprint density at radius 3 is 2.41 bits per heavy atom. The van der Waals surface area contributed by atoms with Crippen LogP contribution in [0.15, 0.2) is 36.4 Å². The predicted octanol–water partition coefficient (Wildman–Crippen LogP) is 7.50. The van der Waals surface area contributed by atoms with E-state index in [2.05, 4.69) is 17.1 Å². The van der Waals surface area contributed by atoms with Crippen LogP contribution in [0, 0.1) is 16.0 Å². The summed E-state index contributed by atoms with van der Waals surface area (Å²) in [5, 5.41) is 11.6. The van der Waals surface area contributed by atoms with Crippen molar-refractivity contribution in [2.45, 2.75) is 123 Å². The lowest BCUT2D eigenvalue weighted by Crippen LogP contribution is -2.40. The summed E-state index contributed by atoms with van der Waals surface area (Å²) in [4.78, 5) is 61.6. The molecular weight excluding hydrogens is 632 g/mol. The average Bonchev–Trinajstić information content (AvgIpc) is 3.61. The summed E-state index contributed by atoms with van der Waals surface area (Å²) in [5.74, 6) is 0.169. The quantitative estimate of drug-likeness (QED) is 0.0232. The van der Waals surface area contributed by atoms with Crippen molar-refractivity contribution in [1.82, 2.24) is 5.32 Å². The third kappa shape index (κ3) is 21.4. The van der Waals surface area contributed by atoms with Gasteiger partial charge in [0.15, 0.2) is 11.5 Å². The highest BCUT2D eigenvalue weighted by atomic mass is 17.0. The van der Waals surface area contributed by atoms with E-state index in [9.17, 15) is 29.3 Å². The lowest BCUT2D eigenvalue weighted by atomic mass is 9.98. The number of nitrogens with zero attached hydrogens (tertiary/aromatic N) is 1. The number of ketones is 1. The van der Waals surface area contributed by atoms with Gasteiger partial charge in [0.25, 0.3) is 5.09 Å². The monoisotopic (exact) mass is 688 g/mol. The van der Waals surface area contributed by atoms with Gasteiger partial charge in [0.2, 0.25) is 5.91 Å². The molecule has 0 aromatic heterocycles. The first-order chi connectivity index (χ1) is 23.6. The van der Waals surface area contributed by atoms with Gasteiger partial charge < -0.3 is 24.4 Å². The third-order valence-corrected chi connectivity index (χ3v) is 7.94. The van der Waals surface area contributed by atoms with Crippen LogP contribution in [0.25, 0.3) is 6.08 Å². The van der Waals surface area contributed by atoms with Crippen LogP contribution in [-0.2, 0) is 28.8 Å². The standard InChI is InChI=1S/C22H28N2O9.C15H28O/c1-4-5-6-7-8-20(25)23-16(2)22(27)33-18-11-9-17(15-19(18)30-3)10-12-21(26)31-13-14-32-24(28)29;1-2-3-4-5-6-11-15(16)13-12-14-9-7-8-10-14/h4-5,9-12,15-16H,6-8,13-14H2,1-3H3,(H,23,25);14H,2-13H2,1H3/b5-4-,12-10+;. The zero-order valence-electron chi connectivity index (χ0n) is 29.7. The number of methoxy groups -OCH3 is 1. The minimum atomic E-state index is -0.981. The molecule has 1 aromatic carbocycles. The Hall–Kier alpha value is -4.22. The SMILES string of the molecule is C/C=C\CCCC(=O)NC(C)C(=O)Oc1ccc(/C=C/C(=O)OCCO[N+](=O)[O-])cc1OC.CCCCCCCC(=O)CCC1CCCC1. The zero-order valence-corrected chi connectivity index (χ0v) is 29.7. The van der Waals surface area contributed by atoms with E-state index in [-0.39, 0.29) is 30.6 Å². The lowest BCUT2D eigenvalue weighted by molar-refractivity contribution is -0.757. The van der Waals surface area contributed by atoms with Crippen molar-refractivity contribution < 1.29 is 43.3 Å². The minimum absolute atomic E-state index is 0.147. The van der Waals surface area contributed by atoms with Crippen molar-refractivity contribution in [3.63, 3.8) is 0 Å². The first kappa shape index (κ1) is 42.8. The molecule has 0 aliphatic heterocycles. The van der Waals surface area contributed by atoms with Gasteiger partial charge in [-0.25, -0.2) is 9.59 Å². The van der Waals surface area contributed by atoms with E-state index >= 15 is 0 Å². The van der Waals surface area contributed by atoms with Crippen molar-refractivity contribution in [2.24, 2.45) is 5.92 Å². The summed E-state index contributed by atoms with van der Waals surface area (Å²) in [6.45, 7) is 5.03. The van der Waals surface area contributed by atoms with Gasteiger partial charge in [0.1, 0.15) is 25.0 Å². The van der Waals surface area contributed by atoms with Gasteiger partial charge in [-0.05, 0) is 69.2 Å². The highest BCUT2D eigenvalue weighted by Crippen LogP contribution is 2.30. The molecule has 12 nitrogen and oxygen atoms in total. The fraction of sp³-hybridized carbons (Fsp3) is 0.622. The van der Waals surface area contributed by atoms with E-state index in [4.69, 9.17) is 14.2 Å². The van der Waals surface area contributed by atoms with Crippen LogP contribution in [0.2, 0.25) is 0 Å². The van der Waals surface area contributed by atoms with Gasteiger partial charge in [-0.2, -0.15) is 0 Å². The van der Waals surface area contributed by atoms with Crippen molar-refractivity contribution in [3.8, 4) is 11.5 Å². The molecule has 1 aliphatic rings. The van der Waals surface area contributed by atoms with E-state index in [0.29, 0.717) is 24.2 Å². The van der Waals surface area contributed by atoms with Crippen LogP contribution in [0.5, 0.6) is 11.5 Å². The van der Waals surface area contributed by atoms with Crippen LogP contribution in [0.4, 0.5) is 0 Å². The number of allylic oxidation sites excluding steroid dienone is 2. The van der Waals surface area contributed by atoms with Crippen molar-refractivity contribution in [2.75, 3.05) is 20.3 Å². The minimum Gasteiger partial charge on any atom is -0.493 e. The van der Waals surface area contributed by atoms with E-state index in [0.717, 1.165) is 37.7 Å². The summed E-state index contributed by atoms with van der Waals surface area (Å²) in [7, 11) is 1.39. The summed E-state index contributed by atoms with van der Waals surface area (Å²) in [6, 6.07) is 3.75. The lowest BCUT2D eigenvalue weighted by Gasteiger charge is -2.15. The second kappa shape index (κ2) is 26.7. The van der Waals surface area contributed by atoms with Gasteiger partial charge in [0, 0.05) is 25.3 Å². The second-order valence-corrected chi connectivity index (χ2v) is 12.0. The molecule has 1 aliphatic carbocycles. The van der Waals surface area contributed by atoms with Crippen LogP contribution < -0.4 is 14.8 Å². The molecule has 1 unspecified atom stereocenters. The number of hydrogen-bond acceptors (Lipinski definition) is 10. The smallest absolute Gasteiger partial charge is 0.333 e. The number of nitrogens with one attached hydrogen (secondary N) is 1. The number of amides is 1. The molecule has 49 heavy (non-hydrogen) atoms. The molecule has 0 bridgehead atoms. The van der Waals surface area contributed by atoms with E-state index < -0.39 is 23.1 Å². The summed E-state index contributed by atoms with van der Waals surface area (Å²) < 4.78 is 15.3. The fourth-order valence-corrected chi connectivity index (χ4v) is 5.17. The molecule has 1 N–H and O–H groups in total. The van der Waals surface area contributed by atoms with Gasteiger partial charge in [-0.15, -0.1) is 10.1 Å². The Morgan fingerprint density at radius 1 is 1.00 bits per heavy atom. The summed E-state index contributed by atoms with van der Waals surface area (Å²) >= 11 is 0. The highest BCUT2D eigenvalue weighted by Gasteiger charge is 2.20. The summed E-state index contributed by atoms with van der Waals surface area (Å²) in [6.07, 6.45) is 22.9. The Bertz CT molecular complexity index is 1210. The van der Waals surface area contributed by atoms with E-state index in [1.165, 1.54) is 90.0 Å². The summed E-state index contributed by atoms with van der Waals surface area (Å²) in [5.41, 5.74) is 0.549. The second-order valence-electron chi connectivity index (χ2n) is 12.0. The Kier molecular flexibility index (Phi) is 23.3. The first-order valence-corrected chi connectivity index (χ1v) is 17.5. The third-order valence-electron chi connectivity index (χ3n) is 7.94. The predicted molar refractivity (Wildman–Crippen MR) is 187 cm³/mol. The molecule has 0 saturated heterocycles. The molecule has 1 fully saturated rings. The van der Waals surface area contributed by atoms with Crippen LogP contribution >= 0.6 is 0 Å². The van der Waals surface area contributed by atoms with Crippen molar-refractivity contribution in [1.29, 1.82) is 0 Å². The van der Waals surface area contributed by atoms with Gasteiger partial charge >= 0.3 is 11.9 Å². The molecule has 274 valence electrons. The average molecular weight is 689 g/mol. The maximum absolute atomic E-state index is 12.3. The number of ether oxygens (including phenoxy) is 3. The number of carbonyl (C=O) groups is 4. The maximum Gasteiger partial charge on any atom is 0.333 e. The van der Waals surface area contributed by atoms with Crippen molar-refractivity contribution in [3.05, 3.63) is 52.1 Å². The van der Waals surface area contributed by atoms with Gasteiger partial charge in [0.05, 0.1) is 7.11 Å². The van der Waals surface area contributed by atoms with Crippen LogP contribution in [0.1, 0.15) is 123 Å². The molecule has 1 saturated carbocycles. The molecule has 1 atom stereocenters. The van der Waals surface area contributed by atoms with Crippen molar-refractivity contribution >= 4 is 29.7 Å². The molecule has 0 spiro atoms. The molecule has 1 aromatic rings. The Morgan fingerprint density at radius 2 is 1.73 bits per heavy atom. The fourth-order valence-electron chi connectivity index (χ4n) is 5.17. The number of unbranched alkanes of at least 4 members (excludes halogenated alkanes) is 5. The molecule has 1 amide bonds. The van der Waals surface area contributed by atoms with Crippen LogP contribution in [0.3, 0.4) is 0 Å². The number of carbonyl (C=O) groups excluding carboxylic acids is 4. The largest absolute Gasteiger partial charge is 0.493 e. The van der Waals surface area contributed by atoms with E-state index in [1.807, 2.05) is 19.1 Å². The topological polar surface area (TPSA) is 160 Å². The first-order valence-electron chi connectivity index (χ1n) is 17.5. The number of Topliss-reactive ketones (excluding diaryl/α,β-unsaturated/α-hetero) is 1. The Balaban J connectivity index is 0.000000624. The normalized spacial score (nSPS) is 13.4. The Labute approximate surface area is 291 Å². The highest BCUT2D eigenvalue weighted by molar-refractivity contribution is 5.87. The number of benzene rings is 1. The number of rotatable bonds is 23. The molecular formula is C37H56N2O10. The number of hydrogen-bond donors (Lipinski definition) is 1. The van der Waals surface area contributed by atoms with Gasteiger partial charge in [-0.3, -0.25) is 9.59 Å². The van der Waals surface area contributed by atoms with Crippen LogP contribution in [-0.4, -0.2) is 55.1 Å².